The fourth-order valence-electron chi connectivity index (χ4n) is 3.82. The van der Waals surface area contributed by atoms with Crippen molar-refractivity contribution < 1.29 is 0 Å². The van der Waals surface area contributed by atoms with Crippen molar-refractivity contribution in [2.45, 2.75) is 51.4 Å². The van der Waals surface area contributed by atoms with Gasteiger partial charge in [0.25, 0.3) is 0 Å². The SMILES string of the molecule is CCCC1CCC(c2ccc(-c3ccc(N)cc3)cc2)CC1. The second kappa shape index (κ2) is 7.00. The fraction of sp³-hybridized carbons (Fsp3) is 0.429. The van der Waals surface area contributed by atoms with E-state index in [-0.39, 0.29) is 0 Å². The molecule has 0 unspecified atom stereocenters. The second-order valence-corrected chi connectivity index (χ2v) is 6.75. The van der Waals surface area contributed by atoms with Crippen LogP contribution in [0.15, 0.2) is 48.5 Å². The van der Waals surface area contributed by atoms with Gasteiger partial charge in [-0.15, -0.1) is 0 Å². The Balaban J connectivity index is 1.66. The lowest BCUT2D eigenvalue weighted by Crippen LogP contribution is -2.13. The topological polar surface area (TPSA) is 26.0 Å². The molecule has 116 valence electrons. The molecule has 0 aliphatic heterocycles. The number of anilines is 1. The molecule has 0 amide bonds. The zero-order chi connectivity index (χ0) is 15.4. The predicted octanol–water partition coefficient (Wildman–Crippen LogP) is 6.01. The first-order valence-electron chi connectivity index (χ1n) is 8.72. The standard InChI is InChI=1S/C21H27N/c1-2-3-16-4-6-17(7-5-16)18-8-10-19(11-9-18)20-12-14-21(22)15-13-20/h8-17H,2-7,22H2,1H3. The third-order valence-electron chi connectivity index (χ3n) is 5.17. The Morgan fingerprint density at radius 3 is 1.91 bits per heavy atom. The highest BCUT2D eigenvalue weighted by molar-refractivity contribution is 5.65. The third kappa shape index (κ3) is 3.52. The van der Waals surface area contributed by atoms with Crippen LogP contribution in [0.4, 0.5) is 5.69 Å². The molecule has 0 aromatic heterocycles. The number of nitrogens with two attached hydrogens (primary N) is 1. The van der Waals surface area contributed by atoms with Crippen LogP contribution in [0.3, 0.4) is 0 Å². The lowest BCUT2D eigenvalue weighted by molar-refractivity contribution is 0.308. The molecular formula is C21H27N. The van der Waals surface area contributed by atoms with Crippen LogP contribution in [-0.2, 0) is 0 Å². The zero-order valence-corrected chi connectivity index (χ0v) is 13.6. The predicted molar refractivity (Wildman–Crippen MR) is 95.9 cm³/mol. The van der Waals surface area contributed by atoms with Crippen LogP contribution in [0.2, 0.25) is 0 Å². The zero-order valence-electron chi connectivity index (χ0n) is 13.6. The van der Waals surface area contributed by atoms with E-state index in [0.29, 0.717) is 0 Å². The largest absolute Gasteiger partial charge is 0.399 e. The van der Waals surface area contributed by atoms with Gasteiger partial charge in [0.2, 0.25) is 0 Å². The number of nitrogen functional groups attached to an aromatic ring is 1. The van der Waals surface area contributed by atoms with Crippen molar-refractivity contribution in [3.63, 3.8) is 0 Å². The average Bonchev–Trinajstić information content (AvgIpc) is 2.57. The molecule has 0 saturated heterocycles. The minimum atomic E-state index is 0.772. The Hall–Kier alpha value is -1.76. The molecule has 22 heavy (non-hydrogen) atoms. The molecule has 1 aliphatic carbocycles. The van der Waals surface area contributed by atoms with Gasteiger partial charge in [-0.25, -0.2) is 0 Å². The molecule has 0 bridgehead atoms. The number of rotatable bonds is 4. The van der Waals surface area contributed by atoms with E-state index >= 15 is 0 Å². The van der Waals surface area contributed by atoms with Crippen molar-refractivity contribution in [2.24, 2.45) is 5.92 Å². The van der Waals surface area contributed by atoms with Crippen molar-refractivity contribution in [1.82, 2.24) is 0 Å². The lowest BCUT2D eigenvalue weighted by Gasteiger charge is -2.28. The van der Waals surface area contributed by atoms with E-state index < -0.39 is 0 Å². The molecule has 2 aromatic rings. The lowest BCUT2D eigenvalue weighted by atomic mass is 9.77. The number of hydrogen-bond donors (Lipinski definition) is 1. The molecule has 2 aromatic carbocycles. The summed E-state index contributed by atoms with van der Waals surface area (Å²) in [5, 5.41) is 0. The van der Waals surface area contributed by atoms with Crippen molar-refractivity contribution in [1.29, 1.82) is 0 Å². The van der Waals surface area contributed by atoms with Gasteiger partial charge in [0.1, 0.15) is 0 Å². The van der Waals surface area contributed by atoms with Gasteiger partial charge in [-0.2, -0.15) is 0 Å². The van der Waals surface area contributed by atoms with Crippen molar-refractivity contribution in [2.75, 3.05) is 5.73 Å². The molecule has 0 atom stereocenters. The first-order chi connectivity index (χ1) is 10.8. The van der Waals surface area contributed by atoms with E-state index in [1.54, 1.807) is 0 Å². The molecule has 0 spiro atoms. The van der Waals surface area contributed by atoms with Gasteiger partial charge in [-0.1, -0.05) is 56.2 Å². The first kappa shape index (κ1) is 15.1. The van der Waals surface area contributed by atoms with Crippen LogP contribution in [0.5, 0.6) is 0 Å². The Morgan fingerprint density at radius 2 is 1.36 bits per heavy atom. The summed E-state index contributed by atoms with van der Waals surface area (Å²) in [7, 11) is 0. The fourth-order valence-corrected chi connectivity index (χ4v) is 3.82. The van der Waals surface area contributed by atoms with Gasteiger partial charge in [-0.3, -0.25) is 0 Å². The maximum Gasteiger partial charge on any atom is 0.0314 e. The van der Waals surface area contributed by atoms with E-state index in [2.05, 4.69) is 43.3 Å². The van der Waals surface area contributed by atoms with Crippen molar-refractivity contribution in [3.05, 3.63) is 54.1 Å². The van der Waals surface area contributed by atoms with Gasteiger partial charge >= 0.3 is 0 Å². The summed E-state index contributed by atoms with van der Waals surface area (Å²) in [6.45, 7) is 2.31. The van der Waals surface area contributed by atoms with E-state index in [9.17, 15) is 0 Å². The second-order valence-electron chi connectivity index (χ2n) is 6.75. The summed E-state index contributed by atoms with van der Waals surface area (Å²) in [4.78, 5) is 0. The van der Waals surface area contributed by atoms with Crippen molar-refractivity contribution in [3.8, 4) is 11.1 Å². The van der Waals surface area contributed by atoms with Crippen LogP contribution in [0.25, 0.3) is 11.1 Å². The maximum atomic E-state index is 5.76. The van der Waals surface area contributed by atoms with Crippen LogP contribution in [-0.4, -0.2) is 0 Å². The van der Waals surface area contributed by atoms with E-state index in [1.807, 2.05) is 12.1 Å². The average molecular weight is 293 g/mol. The summed E-state index contributed by atoms with van der Waals surface area (Å²) in [6, 6.07) is 17.3. The summed E-state index contributed by atoms with van der Waals surface area (Å²) in [5.41, 5.74) is 10.6. The highest BCUT2D eigenvalue weighted by Crippen LogP contribution is 2.38. The molecule has 1 nitrogen and oxygen atoms in total. The molecule has 2 N–H and O–H groups in total. The number of hydrogen-bond acceptors (Lipinski definition) is 1. The quantitative estimate of drug-likeness (QED) is 0.686. The smallest absolute Gasteiger partial charge is 0.0314 e. The van der Waals surface area contributed by atoms with Gasteiger partial charge in [-0.05, 0) is 66.3 Å². The maximum absolute atomic E-state index is 5.76. The van der Waals surface area contributed by atoms with Gasteiger partial charge in [0, 0.05) is 5.69 Å². The Bertz CT molecular complexity index is 574. The minimum Gasteiger partial charge on any atom is -0.399 e. The molecule has 0 heterocycles. The molecule has 1 saturated carbocycles. The van der Waals surface area contributed by atoms with E-state index in [1.165, 1.54) is 55.2 Å². The highest BCUT2D eigenvalue weighted by Gasteiger charge is 2.21. The van der Waals surface area contributed by atoms with Gasteiger partial charge in [0.05, 0.1) is 0 Å². The number of benzene rings is 2. The summed E-state index contributed by atoms with van der Waals surface area (Å²) in [6.07, 6.45) is 8.32. The van der Waals surface area contributed by atoms with E-state index in [0.717, 1.165) is 17.5 Å². The normalized spacial score (nSPS) is 21.7. The van der Waals surface area contributed by atoms with E-state index in [4.69, 9.17) is 5.73 Å². The minimum absolute atomic E-state index is 0.772. The van der Waals surface area contributed by atoms with Crippen molar-refractivity contribution >= 4 is 5.69 Å². The van der Waals surface area contributed by atoms with Crippen LogP contribution >= 0.6 is 0 Å². The van der Waals surface area contributed by atoms with Crippen LogP contribution in [0, 0.1) is 5.92 Å². The highest BCUT2D eigenvalue weighted by atomic mass is 14.5. The Kier molecular flexibility index (Phi) is 4.82. The summed E-state index contributed by atoms with van der Waals surface area (Å²) < 4.78 is 0. The molecule has 1 fully saturated rings. The monoisotopic (exact) mass is 293 g/mol. The third-order valence-corrected chi connectivity index (χ3v) is 5.17. The molecule has 1 aliphatic rings. The van der Waals surface area contributed by atoms with Crippen LogP contribution < -0.4 is 5.73 Å². The Labute approximate surface area is 134 Å². The summed E-state index contributed by atoms with van der Waals surface area (Å²) >= 11 is 0. The Morgan fingerprint density at radius 1 is 0.818 bits per heavy atom. The molecule has 1 heteroatoms. The molecular weight excluding hydrogens is 266 g/mol. The molecule has 3 rings (SSSR count). The van der Waals surface area contributed by atoms with Crippen LogP contribution in [0.1, 0.15) is 56.9 Å². The van der Waals surface area contributed by atoms with Gasteiger partial charge < -0.3 is 5.73 Å². The summed E-state index contributed by atoms with van der Waals surface area (Å²) in [5.74, 6) is 1.75. The van der Waals surface area contributed by atoms with Gasteiger partial charge in [0.15, 0.2) is 0 Å². The molecule has 0 radical (unpaired) electrons. The first-order valence-corrected chi connectivity index (χ1v) is 8.72.